The van der Waals surface area contributed by atoms with Crippen molar-refractivity contribution in [2.24, 2.45) is 0 Å². The summed E-state index contributed by atoms with van der Waals surface area (Å²) in [6.45, 7) is 5.54. The van der Waals surface area contributed by atoms with Gasteiger partial charge in [0, 0.05) is 0 Å². The largest absolute Gasteiger partial charge is 0.491 e. The van der Waals surface area contributed by atoms with Crippen LogP contribution in [0.25, 0.3) is 0 Å². The Hall–Kier alpha value is -1.28. The number of benzene rings is 1. The lowest BCUT2D eigenvalue weighted by molar-refractivity contribution is 0.263. The molecule has 0 aliphatic carbocycles. The number of rotatable bonds is 3. The van der Waals surface area contributed by atoms with Crippen LogP contribution in [-0.2, 0) is 4.74 Å². The third-order valence-corrected chi connectivity index (χ3v) is 1.91. The molecule has 1 aromatic rings. The standard InChI is InChI=1S/C9H10O2.C4H8/c1-2-4-8(5-3-1)10-6-9-7-11-9;1-3-4-2/h1-5,9H,6-7H2;3-4H,1-2H3. The molecule has 1 atom stereocenters. The van der Waals surface area contributed by atoms with Crippen LogP contribution >= 0.6 is 0 Å². The Balaban J connectivity index is 0.000000245. The van der Waals surface area contributed by atoms with Crippen molar-refractivity contribution in [3.8, 4) is 5.75 Å². The van der Waals surface area contributed by atoms with E-state index in [1.807, 2.05) is 56.3 Å². The fourth-order valence-electron chi connectivity index (χ4n) is 0.870. The van der Waals surface area contributed by atoms with Crippen LogP contribution in [0.5, 0.6) is 5.75 Å². The Bertz CT molecular complexity index is 272. The van der Waals surface area contributed by atoms with Crippen molar-refractivity contribution in [2.45, 2.75) is 20.0 Å². The van der Waals surface area contributed by atoms with Gasteiger partial charge in [-0.25, -0.2) is 0 Å². The molecule has 2 rings (SSSR count). The zero-order valence-corrected chi connectivity index (χ0v) is 9.35. The van der Waals surface area contributed by atoms with Crippen LogP contribution in [0.15, 0.2) is 42.5 Å². The van der Waals surface area contributed by atoms with Crippen LogP contribution in [-0.4, -0.2) is 19.3 Å². The number of ether oxygens (including phenoxy) is 2. The summed E-state index contributed by atoms with van der Waals surface area (Å²) in [5.41, 5.74) is 0. The minimum atomic E-state index is 0.343. The maximum Gasteiger partial charge on any atom is 0.119 e. The van der Waals surface area contributed by atoms with Crippen molar-refractivity contribution in [2.75, 3.05) is 13.2 Å². The van der Waals surface area contributed by atoms with Crippen molar-refractivity contribution in [3.63, 3.8) is 0 Å². The molecule has 0 N–H and O–H groups in total. The van der Waals surface area contributed by atoms with Crippen molar-refractivity contribution < 1.29 is 9.47 Å². The maximum atomic E-state index is 5.40. The second-order valence-electron chi connectivity index (χ2n) is 3.25. The molecule has 0 amide bonds. The summed E-state index contributed by atoms with van der Waals surface area (Å²) >= 11 is 0. The molecule has 2 nitrogen and oxygen atoms in total. The molecule has 1 aromatic carbocycles. The van der Waals surface area contributed by atoms with Gasteiger partial charge in [-0.1, -0.05) is 30.4 Å². The third kappa shape index (κ3) is 5.92. The molecule has 1 saturated heterocycles. The van der Waals surface area contributed by atoms with E-state index in [0.717, 1.165) is 12.4 Å². The van der Waals surface area contributed by atoms with Crippen LogP contribution < -0.4 is 4.74 Å². The number of para-hydroxylation sites is 1. The molecule has 2 heteroatoms. The van der Waals surface area contributed by atoms with Gasteiger partial charge in [-0.15, -0.1) is 0 Å². The second kappa shape index (κ2) is 7.07. The Morgan fingerprint density at radius 3 is 2.33 bits per heavy atom. The number of allylic oxidation sites excluding steroid dienone is 2. The highest BCUT2D eigenvalue weighted by molar-refractivity contribution is 5.20. The summed E-state index contributed by atoms with van der Waals surface area (Å²) in [6.07, 6.45) is 4.34. The van der Waals surface area contributed by atoms with Gasteiger partial charge in [0.25, 0.3) is 0 Å². The normalized spacial score (nSPS) is 18.1. The van der Waals surface area contributed by atoms with Crippen molar-refractivity contribution in [1.82, 2.24) is 0 Å². The molecule has 82 valence electrons. The summed E-state index contributed by atoms with van der Waals surface area (Å²) in [4.78, 5) is 0. The molecule has 0 spiro atoms. The van der Waals surface area contributed by atoms with Crippen LogP contribution in [0.3, 0.4) is 0 Å². The first-order chi connectivity index (χ1) is 7.36. The van der Waals surface area contributed by atoms with Crippen LogP contribution in [0, 0.1) is 0 Å². The van der Waals surface area contributed by atoms with E-state index in [9.17, 15) is 0 Å². The fourth-order valence-corrected chi connectivity index (χ4v) is 0.870. The monoisotopic (exact) mass is 206 g/mol. The van der Waals surface area contributed by atoms with Crippen molar-refractivity contribution in [3.05, 3.63) is 42.5 Å². The average molecular weight is 206 g/mol. The van der Waals surface area contributed by atoms with E-state index >= 15 is 0 Å². The molecule has 15 heavy (non-hydrogen) atoms. The fraction of sp³-hybridized carbons (Fsp3) is 0.385. The molecule has 0 radical (unpaired) electrons. The van der Waals surface area contributed by atoms with E-state index < -0.39 is 0 Å². The zero-order chi connectivity index (χ0) is 10.9. The van der Waals surface area contributed by atoms with Crippen molar-refractivity contribution in [1.29, 1.82) is 0 Å². The van der Waals surface area contributed by atoms with E-state index in [-0.39, 0.29) is 0 Å². The predicted molar refractivity (Wildman–Crippen MR) is 62.2 cm³/mol. The first-order valence-electron chi connectivity index (χ1n) is 5.23. The highest BCUT2D eigenvalue weighted by atomic mass is 16.6. The summed E-state index contributed by atoms with van der Waals surface area (Å²) in [6, 6.07) is 9.79. The van der Waals surface area contributed by atoms with Crippen molar-refractivity contribution >= 4 is 0 Å². The highest BCUT2D eigenvalue weighted by Gasteiger charge is 2.22. The van der Waals surface area contributed by atoms with E-state index in [1.165, 1.54) is 0 Å². The number of hydrogen-bond donors (Lipinski definition) is 0. The van der Waals surface area contributed by atoms with E-state index in [4.69, 9.17) is 9.47 Å². The van der Waals surface area contributed by atoms with Crippen LogP contribution in [0.4, 0.5) is 0 Å². The van der Waals surface area contributed by atoms with Gasteiger partial charge in [0.2, 0.25) is 0 Å². The van der Waals surface area contributed by atoms with E-state index in [0.29, 0.717) is 12.7 Å². The van der Waals surface area contributed by atoms with E-state index in [1.54, 1.807) is 0 Å². The van der Waals surface area contributed by atoms with Gasteiger partial charge in [0.1, 0.15) is 18.5 Å². The molecule has 0 bridgehead atoms. The highest BCUT2D eigenvalue weighted by Crippen LogP contribution is 2.13. The molecule has 0 aromatic heterocycles. The average Bonchev–Trinajstić information content (AvgIpc) is 3.12. The van der Waals surface area contributed by atoms with E-state index in [2.05, 4.69) is 0 Å². The first-order valence-corrected chi connectivity index (χ1v) is 5.23. The summed E-state index contributed by atoms with van der Waals surface area (Å²) in [7, 11) is 0. The quantitative estimate of drug-likeness (QED) is 0.560. The van der Waals surface area contributed by atoms with Gasteiger partial charge in [0.15, 0.2) is 0 Å². The molecular formula is C13H18O2. The Morgan fingerprint density at radius 1 is 1.27 bits per heavy atom. The summed E-state index contributed by atoms with van der Waals surface area (Å²) in [5.74, 6) is 0.919. The van der Waals surface area contributed by atoms with Gasteiger partial charge in [-0.3, -0.25) is 0 Å². The topological polar surface area (TPSA) is 21.8 Å². The maximum absolute atomic E-state index is 5.40. The lowest BCUT2D eigenvalue weighted by Gasteiger charge is -2.01. The van der Waals surface area contributed by atoms with Gasteiger partial charge < -0.3 is 9.47 Å². The van der Waals surface area contributed by atoms with Crippen LogP contribution in [0.1, 0.15) is 13.8 Å². The van der Waals surface area contributed by atoms with Gasteiger partial charge in [-0.2, -0.15) is 0 Å². The number of epoxide rings is 1. The molecule has 0 saturated carbocycles. The lowest BCUT2D eigenvalue weighted by atomic mass is 10.3. The smallest absolute Gasteiger partial charge is 0.119 e. The Morgan fingerprint density at radius 2 is 1.87 bits per heavy atom. The van der Waals surface area contributed by atoms with Gasteiger partial charge >= 0.3 is 0 Å². The second-order valence-corrected chi connectivity index (χ2v) is 3.25. The molecule has 1 unspecified atom stereocenters. The van der Waals surface area contributed by atoms with Gasteiger partial charge in [-0.05, 0) is 26.0 Å². The molecule has 1 heterocycles. The molecular weight excluding hydrogens is 188 g/mol. The summed E-state index contributed by atoms with van der Waals surface area (Å²) in [5, 5.41) is 0. The lowest BCUT2D eigenvalue weighted by Crippen LogP contribution is -2.03. The van der Waals surface area contributed by atoms with Gasteiger partial charge in [0.05, 0.1) is 6.61 Å². The van der Waals surface area contributed by atoms with Crippen LogP contribution in [0.2, 0.25) is 0 Å². The zero-order valence-electron chi connectivity index (χ0n) is 9.35. The Labute approximate surface area is 91.5 Å². The summed E-state index contributed by atoms with van der Waals surface area (Å²) < 4.78 is 10.4. The Kier molecular flexibility index (Phi) is 5.56. The SMILES string of the molecule is CC=CC.c1ccc(OCC2CO2)cc1. The molecule has 1 aliphatic rings. The third-order valence-electron chi connectivity index (χ3n) is 1.91. The molecule has 1 aliphatic heterocycles. The number of hydrogen-bond acceptors (Lipinski definition) is 2. The minimum absolute atomic E-state index is 0.343. The minimum Gasteiger partial charge on any atom is -0.491 e. The first kappa shape index (κ1) is 11.8. The predicted octanol–water partition coefficient (Wildman–Crippen LogP) is 3.05. The molecule has 1 fully saturated rings.